The number of aldehydes is 1. The van der Waals surface area contributed by atoms with Gasteiger partial charge in [-0.15, -0.1) is 0 Å². The van der Waals surface area contributed by atoms with Crippen LogP contribution in [0.15, 0.2) is 40.9 Å². The molecule has 0 unspecified atom stereocenters. The highest BCUT2D eigenvalue weighted by Gasteiger charge is 2.45. The summed E-state index contributed by atoms with van der Waals surface area (Å²) >= 11 is 3.46. The summed E-state index contributed by atoms with van der Waals surface area (Å²) in [4.78, 5) is 31.8. The minimum Gasteiger partial charge on any atom is -0.368 e. The molecular weight excluding hydrogens is 442 g/mol. The molecule has 0 spiro atoms. The lowest BCUT2D eigenvalue weighted by Crippen LogP contribution is -2.57. The molecule has 0 aliphatic carbocycles. The van der Waals surface area contributed by atoms with Crippen LogP contribution in [0.2, 0.25) is 0 Å². The van der Waals surface area contributed by atoms with Crippen LogP contribution in [0.4, 0.5) is 17.1 Å². The Morgan fingerprint density at radius 2 is 1.77 bits per heavy atom. The van der Waals surface area contributed by atoms with Gasteiger partial charge in [0.05, 0.1) is 22.4 Å². The standard InChI is InChI=1S/C24H28BrN3O2/c1-23(2)15-27(12-11-26(23)5)16-9-10-18-21(13-16)28(22(30)24(18,3)4)20-8-6-7-19(25)17(20)14-29/h6-10,13-14H,11-12,15H2,1-5H3. The first kappa shape index (κ1) is 21.1. The van der Waals surface area contributed by atoms with Crippen LogP contribution < -0.4 is 9.80 Å². The molecule has 0 saturated carbocycles. The zero-order valence-electron chi connectivity index (χ0n) is 18.2. The molecule has 1 amide bonds. The maximum Gasteiger partial charge on any atom is 0.241 e. The lowest BCUT2D eigenvalue weighted by Gasteiger charge is -2.46. The summed E-state index contributed by atoms with van der Waals surface area (Å²) in [6, 6.07) is 11.8. The topological polar surface area (TPSA) is 43.9 Å². The van der Waals surface area contributed by atoms with Gasteiger partial charge in [0.1, 0.15) is 0 Å². The van der Waals surface area contributed by atoms with Gasteiger partial charge in [0.2, 0.25) is 5.91 Å². The summed E-state index contributed by atoms with van der Waals surface area (Å²) in [5.41, 5.74) is 3.47. The first-order valence-corrected chi connectivity index (χ1v) is 11.1. The van der Waals surface area contributed by atoms with Crippen molar-refractivity contribution in [3.8, 4) is 0 Å². The van der Waals surface area contributed by atoms with E-state index in [9.17, 15) is 9.59 Å². The molecule has 1 saturated heterocycles. The molecule has 0 bridgehead atoms. The Bertz CT molecular complexity index is 1030. The number of piperazine rings is 1. The monoisotopic (exact) mass is 469 g/mol. The first-order chi connectivity index (χ1) is 14.1. The van der Waals surface area contributed by atoms with Crippen molar-refractivity contribution >= 4 is 45.2 Å². The van der Waals surface area contributed by atoms with Crippen LogP contribution in [-0.2, 0) is 10.2 Å². The Morgan fingerprint density at radius 1 is 1.03 bits per heavy atom. The number of likely N-dealkylation sites (N-methyl/N-ethyl adjacent to an activating group) is 1. The molecule has 2 heterocycles. The molecule has 0 N–H and O–H groups in total. The molecule has 2 aliphatic heterocycles. The minimum absolute atomic E-state index is 0.0189. The van der Waals surface area contributed by atoms with Gasteiger partial charge in [0.25, 0.3) is 0 Å². The first-order valence-electron chi connectivity index (χ1n) is 10.3. The normalized spacial score (nSPS) is 20.4. The number of amides is 1. The molecule has 1 fully saturated rings. The van der Waals surface area contributed by atoms with Gasteiger partial charge in [-0.1, -0.05) is 12.1 Å². The smallest absolute Gasteiger partial charge is 0.241 e. The van der Waals surface area contributed by atoms with Gasteiger partial charge in [-0.3, -0.25) is 19.4 Å². The molecular formula is C24H28BrN3O2. The average molecular weight is 470 g/mol. The largest absolute Gasteiger partial charge is 0.368 e. The predicted octanol–water partition coefficient (Wildman–Crippen LogP) is 4.75. The number of hydrogen-bond donors (Lipinski definition) is 0. The number of carbonyl (C=O) groups excluding carboxylic acids is 2. The Labute approximate surface area is 186 Å². The second kappa shape index (κ2) is 7.20. The van der Waals surface area contributed by atoms with Crippen molar-refractivity contribution in [3.63, 3.8) is 0 Å². The Hall–Kier alpha value is -2.18. The zero-order valence-corrected chi connectivity index (χ0v) is 19.8. The quantitative estimate of drug-likeness (QED) is 0.608. The Balaban J connectivity index is 1.83. The fourth-order valence-corrected chi connectivity index (χ4v) is 4.92. The average Bonchev–Trinajstić information content (AvgIpc) is 2.89. The lowest BCUT2D eigenvalue weighted by atomic mass is 9.86. The van der Waals surface area contributed by atoms with E-state index in [1.54, 1.807) is 4.90 Å². The van der Waals surface area contributed by atoms with Crippen molar-refractivity contribution in [2.45, 2.75) is 38.6 Å². The molecule has 158 valence electrons. The van der Waals surface area contributed by atoms with Gasteiger partial charge in [0, 0.05) is 35.3 Å². The van der Waals surface area contributed by atoms with Crippen LogP contribution in [-0.4, -0.2) is 49.3 Å². The van der Waals surface area contributed by atoms with Crippen LogP contribution in [0, 0.1) is 0 Å². The van der Waals surface area contributed by atoms with Crippen LogP contribution in [0.25, 0.3) is 0 Å². The van der Waals surface area contributed by atoms with E-state index in [0.717, 1.165) is 42.9 Å². The molecule has 4 rings (SSSR count). The number of hydrogen-bond acceptors (Lipinski definition) is 4. The summed E-state index contributed by atoms with van der Waals surface area (Å²) in [5.74, 6) is -0.0189. The van der Waals surface area contributed by atoms with Crippen molar-refractivity contribution in [2.24, 2.45) is 0 Å². The molecule has 30 heavy (non-hydrogen) atoms. The third-order valence-electron chi connectivity index (χ3n) is 6.70. The summed E-state index contributed by atoms with van der Waals surface area (Å²) in [6.45, 7) is 11.2. The van der Waals surface area contributed by atoms with E-state index in [1.807, 2.05) is 32.0 Å². The highest BCUT2D eigenvalue weighted by Crippen LogP contribution is 2.48. The lowest BCUT2D eigenvalue weighted by molar-refractivity contribution is -0.121. The predicted molar refractivity (Wildman–Crippen MR) is 125 cm³/mol. The van der Waals surface area contributed by atoms with Crippen LogP contribution in [0.5, 0.6) is 0 Å². The van der Waals surface area contributed by atoms with Crippen LogP contribution in [0.1, 0.15) is 43.6 Å². The molecule has 0 atom stereocenters. The van der Waals surface area contributed by atoms with Crippen molar-refractivity contribution in [1.82, 2.24) is 4.90 Å². The van der Waals surface area contributed by atoms with Gasteiger partial charge in [0.15, 0.2) is 6.29 Å². The van der Waals surface area contributed by atoms with E-state index < -0.39 is 5.41 Å². The second-order valence-electron chi connectivity index (χ2n) is 9.41. The second-order valence-corrected chi connectivity index (χ2v) is 10.3. The summed E-state index contributed by atoms with van der Waals surface area (Å²) in [6.07, 6.45) is 0.810. The van der Waals surface area contributed by atoms with E-state index in [1.165, 1.54) is 0 Å². The molecule has 2 aromatic rings. The third-order valence-corrected chi connectivity index (χ3v) is 7.40. The maximum absolute atomic E-state index is 13.5. The summed E-state index contributed by atoms with van der Waals surface area (Å²) in [7, 11) is 2.16. The van der Waals surface area contributed by atoms with E-state index in [2.05, 4.69) is 64.8 Å². The van der Waals surface area contributed by atoms with Gasteiger partial charge in [-0.25, -0.2) is 0 Å². The zero-order chi connectivity index (χ0) is 21.8. The molecule has 2 aromatic carbocycles. The van der Waals surface area contributed by atoms with E-state index in [-0.39, 0.29) is 11.4 Å². The van der Waals surface area contributed by atoms with Crippen molar-refractivity contribution < 1.29 is 9.59 Å². The SMILES string of the molecule is CN1CCN(c2ccc3c(c2)N(c2cccc(Br)c2C=O)C(=O)C3(C)C)CC1(C)C. The van der Waals surface area contributed by atoms with Crippen molar-refractivity contribution in [1.29, 1.82) is 0 Å². The van der Waals surface area contributed by atoms with Gasteiger partial charge in [-0.05, 0) is 80.5 Å². The number of nitrogens with zero attached hydrogens (tertiary/aromatic N) is 3. The number of rotatable bonds is 3. The van der Waals surface area contributed by atoms with Crippen LogP contribution >= 0.6 is 15.9 Å². The Morgan fingerprint density at radius 3 is 2.43 bits per heavy atom. The van der Waals surface area contributed by atoms with Gasteiger partial charge < -0.3 is 4.90 Å². The number of benzene rings is 2. The minimum atomic E-state index is -0.655. The van der Waals surface area contributed by atoms with Crippen LogP contribution in [0.3, 0.4) is 0 Å². The van der Waals surface area contributed by atoms with Crippen molar-refractivity contribution in [2.75, 3.05) is 36.5 Å². The molecule has 0 radical (unpaired) electrons. The highest BCUT2D eigenvalue weighted by atomic mass is 79.9. The number of anilines is 3. The molecule has 0 aromatic heterocycles. The Kier molecular flexibility index (Phi) is 5.06. The number of halogens is 1. The van der Waals surface area contributed by atoms with Crippen molar-refractivity contribution in [3.05, 3.63) is 52.0 Å². The third kappa shape index (κ3) is 3.17. The number of fused-ring (bicyclic) bond motifs is 1. The molecule has 5 nitrogen and oxygen atoms in total. The fourth-order valence-electron chi connectivity index (χ4n) is 4.47. The highest BCUT2D eigenvalue weighted by molar-refractivity contribution is 9.10. The number of carbonyl (C=O) groups is 2. The van der Waals surface area contributed by atoms with E-state index >= 15 is 0 Å². The van der Waals surface area contributed by atoms with Gasteiger partial charge in [-0.2, -0.15) is 0 Å². The van der Waals surface area contributed by atoms with E-state index in [4.69, 9.17) is 0 Å². The molecule has 6 heteroatoms. The fraction of sp³-hybridized carbons (Fsp3) is 0.417. The van der Waals surface area contributed by atoms with Gasteiger partial charge >= 0.3 is 0 Å². The maximum atomic E-state index is 13.5. The summed E-state index contributed by atoms with van der Waals surface area (Å²) < 4.78 is 0.686. The molecule has 2 aliphatic rings. The summed E-state index contributed by atoms with van der Waals surface area (Å²) in [5, 5.41) is 0. The van der Waals surface area contributed by atoms with E-state index in [0.29, 0.717) is 15.7 Å².